The summed E-state index contributed by atoms with van der Waals surface area (Å²) in [4.78, 5) is 27.5. The minimum absolute atomic E-state index is 0.0370. The highest BCUT2D eigenvalue weighted by atomic mass is 35.5. The molecule has 1 N–H and O–H groups in total. The zero-order valence-corrected chi connectivity index (χ0v) is 16.7. The molecule has 0 amide bonds. The molecular weight excluding hydrogens is 416 g/mol. The van der Waals surface area contributed by atoms with E-state index in [1.165, 1.54) is 12.1 Å². The first-order valence-corrected chi connectivity index (χ1v) is 9.68. The van der Waals surface area contributed by atoms with Gasteiger partial charge in [-0.25, -0.2) is 9.79 Å². The Morgan fingerprint density at radius 3 is 2.66 bits per heavy atom. The van der Waals surface area contributed by atoms with E-state index in [1.807, 2.05) is 0 Å². The van der Waals surface area contributed by atoms with Crippen molar-refractivity contribution in [2.45, 2.75) is 6.92 Å². The van der Waals surface area contributed by atoms with Gasteiger partial charge in [0.1, 0.15) is 16.4 Å². The van der Waals surface area contributed by atoms with Crippen LogP contribution in [0.15, 0.2) is 69.8 Å². The Kier molecular flexibility index (Phi) is 6.36. The number of nitrogens with zero attached hydrogens (tertiary/aromatic N) is 2. The predicted octanol–water partition coefficient (Wildman–Crippen LogP) is 5.44. The van der Waals surface area contributed by atoms with Crippen molar-refractivity contribution >= 4 is 51.8 Å². The summed E-state index contributed by atoms with van der Waals surface area (Å²) in [7, 11) is 0. The number of hydrogen-bond donors (Lipinski definition) is 1. The van der Waals surface area contributed by atoms with Gasteiger partial charge in [-0.2, -0.15) is 0 Å². The highest BCUT2D eigenvalue weighted by Gasteiger charge is 2.33. The van der Waals surface area contributed by atoms with Crippen molar-refractivity contribution in [3.63, 3.8) is 0 Å². The van der Waals surface area contributed by atoms with Gasteiger partial charge in [-0.3, -0.25) is 10.1 Å². The van der Waals surface area contributed by atoms with Crippen molar-refractivity contribution in [3.8, 4) is 0 Å². The molecule has 1 aliphatic rings. The third kappa shape index (κ3) is 4.85. The summed E-state index contributed by atoms with van der Waals surface area (Å²) >= 11 is 7.09. The number of aliphatic imine (C=N–C) groups is 1. The third-order valence-electron chi connectivity index (χ3n) is 3.81. The fourth-order valence-electron chi connectivity index (χ4n) is 2.50. The van der Waals surface area contributed by atoms with E-state index in [0.717, 1.165) is 11.8 Å². The fourth-order valence-corrected chi connectivity index (χ4v) is 3.72. The molecule has 0 atom stereocenters. The molecule has 9 heteroatoms. The van der Waals surface area contributed by atoms with Crippen LogP contribution in [-0.4, -0.2) is 27.6 Å². The van der Waals surface area contributed by atoms with Crippen molar-refractivity contribution in [2.24, 2.45) is 4.99 Å². The number of carbonyl (C=O) groups is 1. The third-order valence-corrected chi connectivity index (χ3v) is 5.07. The van der Waals surface area contributed by atoms with Crippen LogP contribution in [-0.2, 0) is 9.53 Å². The molecule has 0 unspecified atom stereocenters. The van der Waals surface area contributed by atoms with Crippen molar-refractivity contribution in [3.05, 3.63) is 85.5 Å². The van der Waals surface area contributed by atoms with Crippen LogP contribution in [0.4, 0.5) is 11.4 Å². The van der Waals surface area contributed by atoms with E-state index in [0.29, 0.717) is 21.2 Å². The molecule has 1 heterocycles. The molecule has 0 radical (unpaired) electrons. The second-order valence-corrected chi connectivity index (χ2v) is 7.27. The second kappa shape index (κ2) is 8.93. The first-order chi connectivity index (χ1) is 13.9. The van der Waals surface area contributed by atoms with Gasteiger partial charge in [0.15, 0.2) is 0 Å². The minimum Gasteiger partial charge on any atom is -0.506 e. The number of non-ortho nitro benzene ring substituents is 1. The second-order valence-electron chi connectivity index (χ2n) is 5.80. The number of aliphatic hydroxyl groups is 1. The summed E-state index contributed by atoms with van der Waals surface area (Å²) in [5.41, 5.74) is 1.06. The first-order valence-electron chi connectivity index (χ1n) is 8.48. The number of hydrogen-bond acceptors (Lipinski definition) is 7. The zero-order valence-electron chi connectivity index (χ0n) is 15.2. The van der Waals surface area contributed by atoms with E-state index in [2.05, 4.69) is 4.99 Å². The minimum atomic E-state index is -0.689. The predicted molar refractivity (Wildman–Crippen MR) is 113 cm³/mol. The molecule has 0 bridgehead atoms. The monoisotopic (exact) mass is 430 g/mol. The van der Waals surface area contributed by atoms with E-state index >= 15 is 0 Å². The molecule has 7 nitrogen and oxygen atoms in total. The number of nitro groups is 1. The standard InChI is InChI=1S/C20H15ClN2O5S/c1-2-28-20(25)17-18(24)16(10-12-6-8-15(9-7-12)23(26)27)29-19(17)22-14-5-3-4-13(21)11-14/h3-11,24H,2H2,1H3. The van der Waals surface area contributed by atoms with Crippen LogP contribution in [0.5, 0.6) is 0 Å². The summed E-state index contributed by atoms with van der Waals surface area (Å²) in [6, 6.07) is 12.6. The van der Waals surface area contributed by atoms with Gasteiger partial charge in [0.05, 0.1) is 22.1 Å². The maximum atomic E-state index is 12.4. The molecule has 29 heavy (non-hydrogen) atoms. The van der Waals surface area contributed by atoms with E-state index < -0.39 is 10.9 Å². The topological polar surface area (TPSA) is 102 Å². The Hall–Kier alpha value is -3.10. The van der Waals surface area contributed by atoms with Crippen LogP contribution in [0.2, 0.25) is 5.02 Å². The van der Waals surface area contributed by atoms with Crippen LogP contribution in [0.25, 0.3) is 6.08 Å². The lowest BCUT2D eigenvalue weighted by Gasteiger charge is -2.04. The lowest BCUT2D eigenvalue weighted by Crippen LogP contribution is -2.12. The van der Waals surface area contributed by atoms with Crippen LogP contribution < -0.4 is 0 Å². The van der Waals surface area contributed by atoms with Gasteiger partial charge in [-0.1, -0.05) is 29.4 Å². The van der Waals surface area contributed by atoms with Gasteiger partial charge in [0.2, 0.25) is 0 Å². The maximum absolute atomic E-state index is 12.4. The smallest absolute Gasteiger partial charge is 0.344 e. The number of rotatable bonds is 5. The lowest BCUT2D eigenvalue weighted by atomic mass is 10.1. The Morgan fingerprint density at radius 2 is 2.03 bits per heavy atom. The van der Waals surface area contributed by atoms with E-state index in [-0.39, 0.29) is 28.7 Å². The number of thioether (sulfide) groups is 1. The summed E-state index contributed by atoms with van der Waals surface area (Å²) in [6.07, 6.45) is 1.61. The Bertz CT molecular complexity index is 1060. The lowest BCUT2D eigenvalue weighted by molar-refractivity contribution is -0.384. The van der Waals surface area contributed by atoms with Gasteiger partial charge in [-0.05, 0) is 48.9 Å². The van der Waals surface area contributed by atoms with Gasteiger partial charge < -0.3 is 9.84 Å². The van der Waals surface area contributed by atoms with E-state index in [9.17, 15) is 20.0 Å². The van der Waals surface area contributed by atoms with Gasteiger partial charge in [0.25, 0.3) is 5.69 Å². The Balaban J connectivity index is 2.01. The summed E-state index contributed by atoms with van der Waals surface area (Å²) in [5.74, 6) is -0.946. The summed E-state index contributed by atoms with van der Waals surface area (Å²) < 4.78 is 5.05. The van der Waals surface area contributed by atoms with E-state index in [1.54, 1.807) is 49.4 Å². The van der Waals surface area contributed by atoms with Gasteiger partial charge in [-0.15, -0.1) is 0 Å². The largest absolute Gasteiger partial charge is 0.506 e. The van der Waals surface area contributed by atoms with Crippen molar-refractivity contribution in [1.82, 2.24) is 0 Å². The number of esters is 1. The molecule has 3 rings (SSSR count). The van der Waals surface area contributed by atoms with Gasteiger partial charge in [0, 0.05) is 17.2 Å². The highest BCUT2D eigenvalue weighted by Crippen LogP contribution is 2.40. The first kappa shape index (κ1) is 20.6. The normalized spacial score (nSPS) is 16.5. The molecular formula is C20H15ClN2O5S. The Labute approximate surface area is 175 Å². The van der Waals surface area contributed by atoms with Crippen molar-refractivity contribution in [2.75, 3.05) is 6.61 Å². The number of aliphatic hydroxyl groups excluding tert-OH is 1. The average molecular weight is 431 g/mol. The Morgan fingerprint density at radius 1 is 1.31 bits per heavy atom. The number of halogens is 1. The van der Waals surface area contributed by atoms with Crippen LogP contribution in [0, 0.1) is 10.1 Å². The SMILES string of the molecule is CCOC(=O)C1=C(O)C(=Cc2ccc([N+](=O)[O-])cc2)SC1=Nc1cccc(Cl)c1. The molecule has 0 spiro atoms. The van der Waals surface area contributed by atoms with Crippen molar-refractivity contribution < 1.29 is 19.6 Å². The van der Waals surface area contributed by atoms with Crippen LogP contribution in [0.3, 0.4) is 0 Å². The zero-order chi connectivity index (χ0) is 21.0. The molecule has 148 valence electrons. The summed E-state index contributed by atoms with van der Waals surface area (Å²) in [6.45, 7) is 1.81. The molecule has 0 saturated carbocycles. The average Bonchev–Trinajstić information content (AvgIpc) is 2.97. The maximum Gasteiger partial charge on any atom is 0.344 e. The quantitative estimate of drug-likeness (QED) is 0.385. The molecule has 0 aromatic heterocycles. The molecule has 2 aromatic rings. The van der Waals surface area contributed by atoms with Crippen LogP contribution in [0.1, 0.15) is 12.5 Å². The fraction of sp³-hybridized carbons (Fsp3) is 0.100. The van der Waals surface area contributed by atoms with E-state index in [4.69, 9.17) is 16.3 Å². The number of nitro benzene ring substituents is 1. The number of ether oxygens (including phenoxy) is 1. The molecule has 2 aromatic carbocycles. The van der Waals surface area contributed by atoms with Gasteiger partial charge >= 0.3 is 5.97 Å². The molecule has 0 saturated heterocycles. The molecule has 1 aliphatic heterocycles. The van der Waals surface area contributed by atoms with Crippen LogP contribution >= 0.6 is 23.4 Å². The number of benzene rings is 2. The number of carbonyl (C=O) groups excluding carboxylic acids is 1. The highest BCUT2D eigenvalue weighted by molar-refractivity contribution is 8.18. The molecule has 0 aliphatic carbocycles. The molecule has 0 fully saturated rings. The van der Waals surface area contributed by atoms with Crippen molar-refractivity contribution in [1.29, 1.82) is 0 Å². The summed E-state index contributed by atoms with van der Waals surface area (Å²) in [5, 5.41) is 22.2.